The molecule has 2 aliphatic rings. The second-order valence-electron chi connectivity index (χ2n) is 5.16. The van der Waals surface area contributed by atoms with Crippen LogP contribution in [0.3, 0.4) is 0 Å². The number of amides is 1. The van der Waals surface area contributed by atoms with Gasteiger partial charge in [0.2, 0.25) is 0 Å². The van der Waals surface area contributed by atoms with E-state index in [-0.39, 0.29) is 12.5 Å². The highest BCUT2D eigenvalue weighted by atomic mass is 16.5. The van der Waals surface area contributed by atoms with Crippen molar-refractivity contribution < 1.29 is 9.53 Å². The summed E-state index contributed by atoms with van der Waals surface area (Å²) in [6.45, 7) is 3.39. The number of nitrogens with one attached hydrogen (secondary N) is 1. The van der Waals surface area contributed by atoms with Crippen molar-refractivity contribution in [3.63, 3.8) is 0 Å². The Kier molecular flexibility index (Phi) is 3.40. The zero-order valence-electron chi connectivity index (χ0n) is 10.9. The summed E-state index contributed by atoms with van der Waals surface area (Å²) in [5, 5.41) is 3.33. The number of nitrogens with zero attached hydrogens (tertiary/aromatic N) is 1. The largest absolute Gasteiger partial charge is 0.482 e. The van der Waals surface area contributed by atoms with E-state index in [9.17, 15) is 4.79 Å². The Morgan fingerprint density at radius 2 is 2.37 bits per heavy atom. The van der Waals surface area contributed by atoms with Gasteiger partial charge in [-0.3, -0.25) is 4.79 Å². The molecule has 5 heteroatoms. The van der Waals surface area contributed by atoms with Gasteiger partial charge >= 0.3 is 0 Å². The van der Waals surface area contributed by atoms with Gasteiger partial charge in [-0.1, -0.05) is 6.07 Å². The van der Waals surface area contributed by atoms with Crippen LogP contribution in [-0.2, 0) is 11.3 Å². The fraction of sp³-hybridized carbons (Fsp3) is 0.500. The zero-order valence-corrected chi connectivity index (χ0v) is 10.9. The minimum absolute atomic E-state index is 0.0357. The van der Waals surface area contributed by atoms with Gasteiger partial charge in [0, 0.05) is 13.1 Å². The molecule has 2 aliphatic heterocycles. The van der Waals surface area contributed by atoms with Crippen molar-refractivity contribution in [3.05, 3.63) is 23.8 Å². The number of carbonyl (C=O) groups excluding carboxylic acids is 1. The second-order valence-corrected chi connectivity index (χ2v) is 5.16. The molecule has 1 saturated heterocycles. The van der Waals surface area contributed by atoms with E-state index >= 15 is 0 Å². The number of fused-ring (bicyclic) bond motifs is 1. The molecule has 0 spiro atoms. The number of rotatable bonds is 3. The predicted molar refractivity (Wildman–Crippen MR) is 73.2 cm³/mol. The first kappa shape index (κ1) is 12.4. The SMILES string of the molecule is NCc1ccc2c(c1)N(CC1CCNC1)C(=O)CO2. The number of benzene rings is 1. The third kappa shape index (κ3) is 2.43. The lowest BCUT2D eigenvalue weighted by molar-refractivity contribution is -0.121. The number of nitrogens with two attached hydrogens (primary N) is 1. The first-order chi connectivity index (χ1) is 9.28. The monoisotopic (exact) mass is 261 g/mol. The normalized spacial score (nSPS) is 22.3. The van der Waals surface area contributed by atoms with Crippen LogP contribution in [0.5, 0.6) is 5.75 Å². The molecule has 1 atom stereocenters. The molecule has 1 aromatic carbocycles. The van der Waals surface area contributed by atoms with E-state index in [0.717, 1.165) is 43.1 Å². The molecule has 5 nitrogen and oxygen atoms in total. The number of hydrogen-bond acceptors (Lipinski definition) is 4. The van der Waals surface area contributed by atoms with Gasteiger partial charge in [0.1, 0.15) is 5.75 Å². The van der Waals surface area contributed by atoms with Crippen LogP contribution in [0.1, 0.15) is 12.0 Å². The van der Waals surface area contributed by atoms with Gasteiger partial charge in [0.15, 0.2) is 6.61 Å². The van der Waals surface area contributed by atoms with E-state index in [0.29, 0.717) is 12.5 Å². The molecular weight excluding hydrogens is 242 g/mol. The minimum Gasteiger partial charge on any atom is -0.482 e. The number of anilines is 1. The fourth-order valence-corrected chi connectivity index (χ4v) is 2.70. The molecular formula is C14H19N3O2. The molecule has 0 aromatic heterocycles. The molecule has 0 aliphatic carbocycles. The van der Waals surface area contributed by atoms with E-state index in [1.807, 2.05) is 23.1 Å². The van der Waals surface area contributed by atoms with Crippen molar-refractivity contribution in [2.45, 2.75) is 13.0 Å². The molecule has 3 N–H and O–H groups in total. The van der Waals surface area contributed by atoms with Crippen molar-refractivity contribution in [1.82, 2.24) is 5.32 Å². The highest BCUT2D eigenvalue weighted by Gasteiger charge is 2.28. The molecule has 0 bridgehead atoms. The summed E-state index contributed by atoms with van der Waals surface area (Å²) >= 11 is 0. The smallest absolute Gasteiger partial charge is 0.265 e. The van der Waals surface area contributed by atoms with Crippen LogP contribution in [0.2, 0.25) is 0 Å². The Labute approximate surface area is 112 Å². The Balaban J connectivity index is 1.88. The Morgan fingerprint density at radius 1 is 1.47 bits per heavy atom. The van der Waals surface area contributed by atoms with Crippen molar-refractivity contribution in [2.75, 3.05) is 31.1 Å². The van der Waals surface area contributed by atoms with Crippen molar-refractivity contribution >= 4 is 11.6 Å². The molecule has 1 unspecified atom stereocenters. The van der Waals surface area contributed by atoms with Gasteiger partial charge in [-0.05, 0) is 43.1 Å². The topological polar surface area (TPSA) is 67.6 Å². The van der Waals surface area contributed by atoms with Gasteiger partial charge in [0.25, 0.3) is 5.91 Å². The lowest BCUT2D eigenvalue weighted by Gasteiger charge is -2.31. The van der Waals surface area contributed by atoms with Crippen LogP contribution in [0.4, 0.5) is 5.69 Å². The molecule has 19 heavy (non-hydrogen) atoms. The summed E-state index contributed by atoms with van der Waals surface area (Å²) in [6.07, 6.45) is 1.12. The van der Waals surface area contributed by atoms with Gasteiger partial charge in [-0.25, -0.2) is 0 Å². The summed E-state index contributed by atoms with van der Waals surface area (Å²) in [6, 6.07) is 5.82. The molecule has 0 saturated carbocycles. The van der Waals surface area contributed by atoms with Crippen LogP contribution in [0.25, 0.3) is 0 Å². The van der Waals surface area contributed by atoms with Crippen LogP contribution < -0.4 is 20.7 Å². The van der Waals surface area contributed by atoms with Crippen LogP contribution in [0.15, 0.2) is 18.2 Å². The Hall–Kier alpha value is -1.59. The van der Waals surface area contributed by atoms with Gasteiger partial charge < -0.3 is 20.7 Å². The van der Waals surface area contributed by atoms with E-state index in [2.05, 4.69) is 5.32 Å². The van der Waals surface area contributed by atoms with Crippen molar-refractivity contribution in [1.29, 1.82) is 0 Å². The Bertz CT molecular complexity index is 484. The summed E-state index contributed by atoms with van der Waals surface area (Å²) in [7, 11) is 0. The van der Waals surface area contributed by atoms with Gasteiger partial charge in [-0.15, -0.1) is 0 Å². The lowest BCUT2D eigenvalue weighted by atomic mass is 10.1. The van der Waals surface area contributed by atoms with E-state index in [4.69, 9.17) is 10.5 Å². The van der Waals surface area contributed by atoms with E-state index in [1.165, 1.54) is 0 Å². The predicted octanol–water partition coefficient (Wildman–Crippen LogP) is 0.480. The summed E-state index contributed by atoms with van der Waals surface area (Å²) in [4.78, 5) is 14.0. The third-order valence-electron chi connectivity index (χ3n) is 3.81. The van der Waals surface area contributed by atoms with Crippen molar-refractivity contribution in [2.24, 2.45) is 11.7 Å². The maximum Gasteiger partial charge on any atom is 0.265 e. The molecule has 102 valence electrons. The maximum absolute atomic E-state index is 12.1. The fourth-order valence-electron chi connectivity index (χ4n) is 2.70. The molecule has 2 heterocycles. The molecule has 3 rings (SSSR count). The standard InChI is InChI=1S/C14H19N3O2/c15-6-10-1-2-13-12(5-10)17(14(18)9-19-13)8-11-3-4-16-7-11/h1-2,5,11,16H,3-4,6-9,15H2. The van der Waals surface area contributed by atoms with Gasteiger partial charge in [-0.2, -0.15) is 0 Å². The quantitative estimate of drug-likeness (QED) is 0.830. The second kappa shape index (κ2) is 5.19. The highest BCUT2D eigenvalue weighted by Crippen LogP contribution is 2.33. The maximum atomic E-state index is 12.1. The summed E-state index contributed by atoms with van der Waals surface area (Å²) in [5.74, 6) is 1.34. The molecule has 0 radical (unpaired) electrons. The summed E-state index contributed by atoms with van der Waals surface area (Å²) < 4.78 is 5.48. The van der Waals surface area contributed by atoms with Crippen molar-refractivity contribution in [3.8, 4) is 5.75 Å². The average molecular weight is 261 g/mol. The van der Waals surface area contributed by atoms with Crippen LogP contribution in [0, 0.1) is 5.92 Å². The summed E-state index contributed by atoms with van der Waals surface area (Å²) in [5.41, 5.74) is 7.56. The lowest BCUT2D eigenvalue weighted by Crippen LogP contribution is -2.42. The van der Waals surface area contributed by atoms with E-state index in [1.54, 1.807) is 0 Å². The Morgan fingerprint density at radius 3 is 3.11 bits per heavy atom. The van der Waals surface area contributed by atoms with Crippen LogP contribution in [-0.4, -0.2) is 32.1 Å². The first-order valence-corrected chi connectivity index (χ1v) is 6.75. The number of ether oxygens (including phenoxy) is 1. The number of hydrogen-bond donors (Lipinski definition) is 2. The third-order valence-corrected chi connectivity index (χ3v) is 3.81. The zero-order chi connectivity index (χ0) is 13.2. The molecule has 1 fully saturated rings. The molecule has 1 aromatic rings. The first-order valence-electron chi connectivity index (χ1n) is 6.75. The molecule has 1 amide bonds. The van der Waals surface area contributed by atoms with Gasteiger partial charge in [0.05, 0.1) is 5.69 Å². The average Bonchev–Trinajstić information content (AvgIpc) is 2.94. The van der Waals surface area contributed by atoms with Crippen LogP contribution >= 0.6 is 0 Å². The highest BCUT2D eigenvalue weighted by molar-refractivity contribution is 5.97. The van der Waals surface area contributed by atoms with E-state index < -0.39 is 0 Å². The number of carbonyl (C=O) groups is 1. The minimum atomic E-state index is 0.0357.